The highest BCUT2D eigenvalue weighted by molar-refractivity contribution is 7.07. The van der Waals surface area contributed by atoms with Crippen molar-refractivity contribution in [3.05, 3.63) is 46.4 Å². The van der Waals surface area contributed by atoms with Crippen LogP contribution < -0.4 is 5.32 Å². The van der Waals surface area contributed by atoms with Gasteiger partial charge in [-0.25, -0.2) is 0 Å². The Kier molecular flexibility index (Phi) is 3.52. The molecule has 2 aromatic heterocycles. The normalized spacial score (nSPS) is 9.69. The van der Waals surface area contributed by atoms with Crippen molar-refractivity contribution in [1.82, 2.24) is 4.98 Å². The molecule has 2 rings (SSSR count). The molecule has 0 aliphatic carbocycles. The average molecular weight is 229 g/mol. The molecule has 0 bridgehead atoms. The molecule has 2 aromatic rings. The molecule has 0 fully saturated rings. The summed E-state index contributed by atoms with van der Waals surface area (Å²) in [6, 6.07) is 5.97. The highest BCUT2D eigenvalue weighted by atomic mass is 32.1. The van der Waals surface area contributed by atoms with E-state index in [-0.39, 0.29) is 0 Å². The second-order valence-electron chi connectivity index (χ2n) is 3.34. The zero-order valence-corrected chi connectivity index (χ0v) is 9.50. The maximum absolute atomic E-state index is 8.89. The second kappa shape index (κ2) is 5.29. The molecule has 0 saturated carbocycles. The summed E-state index contributed by atoms with van der Waals surface area (Å²) >= 11 is 1.70. The van der Waals surface area contributed by atoms with Crippen LogP contribution in [0.1, 0.15) is 11.1 Å². The number of nitriles is 1. The molecular formula is C12H11N3S. The Labute approximate surface area is 98.4 Å². The highest BCUT2D eigenvalue weighted by Crippen LogP contribution is 2.12. The Hall–Kier alpha value is -1.86. The van der Waals surface area contributed by atoms with Crippen molar-refractivity contribution in [3.63, 3.8) is 0 Å². The van der Waals surface area contributed by atoms with E-state index in [9.17, 15) is 0 Å². The van der Waals surface area contributed by atoms with Crippen LogP contribution in [0.5, 0.6) is 0 Å². The van der Waals surface area contributed by atoms with E-state index in [0.29, 0.717) is 5.56 Å². The Morgan fingerprint density at radius 3 is 3.12 bits per heavy atom. The topological polar surface area (TPSA) is 48.7 Å². The molecule has 80 valence electrons. The summed E-state index contributed by atoms with van der Waals surface area (Å²) in [4.78, 5) is 4.00. The van der Waals surface area contributed by atoms with Crippen molar-refractivity contribution >= 4 is 17.0 Å². The van der Waals surface area contributed by atoms with Crippen LogP contribution in [0.4, 0.5) is 5.69 Å². The molecule has 2 heterocycles. The van der Waals surface area contributed by atoms with Gasteiger partial charge in [0.05, 0.1) is 17.4 Å². The third-order valence-corrected chi connectivity index (χ3v) is 2.98. The first kappa shape index (κ1) is 10.7. The maximum Gasteiger partial charge on any atom is 0.101 e. The number of hydrogen-bond donors (Lipinski definition) is 1. The van der Waals surface area contributed by atoms with Gasteiger partial charge < -0.3 is 5.32 Å². The molecule has 0 aliphatic rings. The predicted octanol–water partition coefficient (Wildman–Crippen LogP) is 2.67. The lowest BCUT2D eigenvalue weighted by molar-refractivity contribution is 1.02. The van der Waals surface area contributed by atoms with Crippen LogP contribution in [-0.4, -0.2) is 11.5 Å². The molecule has 0 radical (unpaired) electrons. The third-order valence-electron chi connectivity index (χ3n) is 2.25. The minimum absolute atomic E-state index is 0.639. The SMILES string of the molecule is N#Cc1ccncc1NCCc1ccsc1. The van der Waals surface area contributed by atoms with Crippen LogP contribution in [0.25, 0.3) is 0 Å². The van der Waals surface area contributed by atoms with Crippen molar-refractivity contribution < 1.29 is 0 Å². The lowest BCUT2D eigenvalue weighted by Gasteiger charge is -2.06. The minimum Gasteiger partial charge on any atom is -0.382 e. The third kappa shape index (κ3) is 2.59. The first-order chi connectivity index (χ1) is 7.90. The summed E-state index contributed by atoms with van der Waals surface area (Å²) < 4.78 is 0. The molecule has 0 spiro atoms. The number of pyridine rings is 1. The van der Waals surface area contributed by atoms with Crippen molar-refractivity contribution in [2.75, 3.05) is 11.9 Å². The van der Waals surface area contributed by atoms with Crippen LogP contribution in [-0.2, 0) is 6.42 Å². The van der Waals surface area contributed by atoms with Crippen molar-refractivity contribution in [3.8, 4) is 6.07 Å². The van der Waals surface area contributed by atoms with Gasteiger partial charge >= 0.3 is 0 Å². The summed E-state index contributed by atoms with van der Waals surface area (Å²) in [5.41, 5.74) is 2.76. The van der Waals surface area contributed by atoms with E-state index in [4.69, 9.17) is 5.26 Å². The van der Waals surface area contributed by atoms with Crippen LogP contribution in [0, 0.1) is 11.3 Å². The quantitative estimate of drug-likeness (QED) is 0.876. The van der Waals surface area contributed by atoms with Crippen LogP contribution >= 0.6 is 11.3 Å². The van der Waals surface area contributed by atoms with Gasteiger partial charge in [-0.2, -0.15) is 16.6 Å². The van der Waals surface area contributed by atoms with E-state index >= 15 is 0 Å². The summed E-state index contributed by atoms with van der Waals surface area (Å²) in [5.74, 6) is 0. The number of rotatable bonds is 4. The van der Waals surface area contributed by atoms with Crippen molar-refractivity contribution in [1.29, 1.82) is 5.26 Å². The van der Waals surface area contributed by atoms with Gasteiger partial charge in [-0.05, 0) is 34.9 Å². The van der Waals surface area contributed by atoms with E-state index in [2.05, 4.69) is 33.2 Å². The smallest absolute Gasteiger partial charge is 0.101 e. The Morgan fingerprint density at radius 2 is 2.38 bits per heavy atom. The van der Waals surface area contributed by atoms with Gasteiger partial charge in [0, 0.05) is 12.7 Å². The van der Waals surface area contributed by atoms with E-state index < -0.39 is 0 Å². The molecule has 0 aromatic carbocycles. The standard InChI is InChI=1S/C12H11N3S/c13-7-11-2-4-14-8-12(11)15-5-1-10-3-6-16-9-10/h2-4,6,8-9,15H,1,5H2. The number of thiophene rings is 1. The molecular weight excluding hydrogens is 218 g/mol. The van der Waals surface area contributed by atoms with Crippen molar-refractivity contribution in [2.45, 2.75) is 6.42 Å². The Balaban J connectivity index is 1.93. The van der Waals surface area contributed by atoms with Crippen LogP contribution in [0.3, 0.4) is 0 Å². The molecule has 16 heavy (non-hydrogen) atoms. The molecule has 4 heteroatoms. The van der Waals surface area contributed by atoms with Crippen LogP contribution in [0.15, 0.2) is 35.3 Å². The predicted molar refractivity (Wildman–Crippen MR) is 65.5 cm³/mol. The summed E-state index contributed by atoms with van der Waals surface area (Å²) in [6.07, 6.45) is 4.28. The van der Waals surface area contributed by atoms with Gasteiger partial charge in [0.2, 0.25) is 0 Å². The maximum atomic E-state index is 8.89. The van der Waals surface area contributed by atoms with Gasteiger partial charge in [0.1, 0.15) is 6.07 Å². The van der Waals surface area contributed by atoms with E-state index in [0.717, 1.165) is 18.7 Å². The van der Waals surface area contributed by atoms with Gasteiger partial charge in [0.25, 0.3) is 0 Å². The Morgan fingerprint density at radius 1 is 1.44 bits per heavy atom. The van der Waals surface area contributed by atoms with E-state index in [1.165, 1.54) is 5.56 Å². The zero-order valence-electron chi connectivity index (χ0n) is 8.68. The summed E-state index contributed by atoms with van der Waals surface area (Å²) in [7, 11) is 0. The molecule has 0 atom stereocenters. The fourth-order valence-corrected chi connectivity index (χ4v) is 2.11. The van der Waals surface area contributed by atoms with E-state index in [1.807, 2.05) is 0 Å². The average Bonchev–Trinajstić information content (AvgIpc) is 2.83. The minimum atomic E-state index is 0.639. The Bertz CT molecular complexity index is 485. The van der Waals surface area contributed by atoms with Gasteiger partial charge in [0.15, 0.2) is 0 Å². The second-order valence-corrected chi connectivity index (χ2v) is 4.12. The monoisotopic (exact) mass is 229 g/mol. The van der Waals surface area contributed by atoms with Gasteiger partial charge in [-0.1, -0.05) is 0 Å². The molecule has 0 amide bonds. The number of hydrogen-bond acceptors (Lipinski definition) is 4. The fourth-order valence-electron chi connectivity index (χ4n) is 1.41. The molecule has 3 nitrogen and oxygen atoms in total. The first-order valence-corrected chi connectivity index (χ1v) is 5.93. The molecule has 0 saturated heterocycles. The lowest BCUT2D eigenvalue weighted by Crippen LogP contribution is -2.05. The number of nitrogens with zero attached hydrogens (tertiary/aromatic N) is 2. The summed E-state index contributed by atoms with van der Waals surface area (Å²) in [5, 5.41) is 16.3. The van der Waals surface area contributed by atoms with Gasteiger partial charge in [-0.15, -0.1) is 0 Å². The summed E-state index contributed by atoms with van der Waals surface area (Å²) in [6.45, 7) is 0.817. The van der Waals surface area contributed by atoms with Gasteiger partial charge in [-0.3, -0.25) is 4.98 Å². The fraction of sp³-hybridized carbons (Fsp3) is 0.167. The zero-order chi connectivity index (χ0) is 11.2. The number of anilines is 1. The number of nitrogens with one attached hydrogen (secondary N) is 1. The molecule has 0 aliphatic heterocycles. The largest absolute Gasteiger partial charge is 0.382 e. The number of aromatic nitrogens is 1. The molecule has 1 N–H and O–H groups in total. The highest BCUT2D eigenvalue weighted by Gasteiger charge is 2.00. The first-order valence-electron chi connectivity index (χ1n) is 4.99. The van der Waals surface area contributed by atoms with Crippen molar-refractivity contribution in [2.24, 2.45) is 0 Å². The lowest BCUT2D eigenvalue weighted by atomic mass is 10.2. The molecule has 0 unspecified atom stereocenters. The van der Waals surface area contributed by atoms with Crippen LogP contribution in [0.2, 0.25) is 0 Å². The van der Waals surface area contributed by atoms with E-state index in [1.54, 1.807) is 29.8 Å².